The van der Waals surface area contributed by atoms with Gasteiger partial charge in [0.05, 0.1) is 0 Å². The molecule has 0 saturated heterocycles. The highest BCUT2D eigenvalue weighted by molar-refractivity contribution is 5.53. The molecule has 0 heterocycles. The zero-order valence-corrected chi connectivity index (χ0v) is 12.7. The molecule has 0 spiro atoms. The van der Waals surface area contributed by atoms with Crippen LogP contribution >= 0.6 is 0 Å². The molecule has 2 nitrogen and oxygen atoms in total. The van der Waals surface area contributed by atoms with Gasteiger partial charge >= 0.3 is 0 Å². The Labute approximate surface area is 118 Å². The van der Waals surface area contributed by atoms with E-state index >= 15 is 0 Å². The van der Waals surface area contributed by atoms with Crippen molar-refractivity contribution < 1.29 is 0 Å². The molecule has 19 heavy (non-hydrogen) atoms. The molecule has 0 bridgehead atoms. The Morgan fingerprint density at radius 2 is 1.84 bits per heavy atom. The van der Waals surface area contributed by atoms with Gasteiger partial charge in [-0.05, 0) is 56.7 Å². The summed E-state index contributed by atoms with van der Waals surface area (Å²) in [6, 6.07) is 6.73. The topological polar surface area (TPSA) is 29.3 Å². The van der Waals surface area contributed by atoms with E-state index in [1.807, 2.05) is 0 Å². The Hall–Kier alpha value is -1.02. The number of hydrogen-bond donors (Lipinski definition) is 1. The van der Waals surface area contributed by atoms with Gasteiger partial charge in [-0.2, -0.15) is 0 Å². The summed E-state index contributed by atoms with van der Waals surface area (Å²) >= 11 is 0. The van der Waals surface area contributed by atoms with Gasteiger partial charge in [0.2, 0.25) is 0 Å². The van der Waals surface area contributed by atoms with E-state index in [0.717, 1.165) is 24.9 Å². The van der Waals surface area contributed by atoms with Crippen LogP contribution in [-0.4, -0.2) is 20.1 Å². The number of nitrogens with zero attached hydrogens (tertiary/aromatic N) is 1. The van der Waals surface area contributed by atoms with Crippen molar-refractivity contribution in [2.45, 2.75) is 39.5 Å². The lowest BCUT2D eigenvalue weighted by atomic mass is 9.79. The summed E-state index contributed by atoms with van der Waals surface area (Å²) < 4.78 is 0. The lowest BCUT2D eigenvalue weighted by Gasteiger charge is -2.35. The largest absolute Gasteiger partial charge is 0.374 e. The monoisotopic (exact) mass is 260 g/mol. The van der Waals surface area contributed by atoms with Gasteiger partial charge in [-0.1, -0.05) is 30.5 Å². The second-order valence-electron chi connectivity index (χ2n) is 6.21. The maximum absolute atomic E-state index is 5.94. The molecule has 1 fully saturated rings. The van der Waals surface area contributed by atoms with E-state index in [0.29, 0.717) is 0 Å². The first-order valence-electron chi connectivity index (χ1n) is 7.60. The molecule has 106 valence electrons. The van der Waals surface area contributed by atoms with E-state index in [2.05, 4.69) is 44.0 Å². The molecule has 2 heteroatoms. The molecular formula is C17H28N2. The predicted octanol–water partition coefficient (Wildman–Crippen LogP) is 3.50. The predicted molar refractivity (Wildman–Crippen MR) is 83.7 cm³/mol. The number of benzene rings is 1. The van der Waals surface area contributed by atoms with Crippen LogP contribution in [0.15, 0.2) is 18.2 Å². The van der Waals surface area contributed by atoms with Gasteiger partial charge < -0.3 is 10.6 Å². The van der Waals surface area contributed by atoms with E-state index in [1.165, 1.54) is 42.5 Å². The van der Waals surface area contributed by atoms with Gasteiger partial charge in [0.25, 0.3) is 0 Å². The maximum Gasteiger partial charge on any atom is 0.0393 e. The minimum Gasteiger partial charge on any atom is -0.374 e. The molecule has 2 N–H and O–H groups in total. The first kappa shape index (κ1) is 14.4. The van der Waals surface area contributed by atoms with Crippen molar-refractivity contribution in [3.8, 4) is 0 Å². The molecule has 2 rings (SSSR count). The molecule has 2 atom stereocenters. The lowest BCUT2D eigenvalue weighted by molar-refractivity contribution is 0.248. The van der Waals surface area contributed by atoms with E-state index in [4.69, 9.17) is 5.73 Å². The molecule has 0 radical (unpaired) electrons. The van der Waals surface area contributed by atoms with Crippen LogP contribution in [0.5, 0.6) is 0 Å². The highest BCUT2D eigenvalue weighted by Gasteiger charge is 2.25. The number of anilines is 1. The third-order valence-electron chi connectivity index (χ3n) is 4.64. The first-order chi connectivity index (χ1) is 9.11. The van der Waals surface area contributed by atoms with Crippen LogP contribution in [0.2, 0.25) is 0 Å². The summed E-state index contributed by atoms with van der Waals surface area (Å²) in [6.45, 7) is 6.36. The quantitative estimate of drug-likeness (QED) is 0.897. The van der Waals surface area contributed by atoms with Crippen LogP contribution in [0.1, 0.15) is 36.8 Å². The standard InChI is InChI=1S/C17H28N2/c1-13-8-9-17(14(2)10-13)19(3)12-16-7-5-4-6-15(16)11-18/h8-10,15-16H,4-7,11-12,18H2,1-3H3. The summed E-state index contributed by atoms with van der Waals surface area (Å²) in [5.41, 5.74) is 10.0. The average molecular weight is 260 g/mol. The van der Waals surface area contributed by atoms with E-state index in [-0.39, 0.29) is 0 Å². The summed E-state index contributed by atoms with van der Waals surface area (Å²) in [5, 5.41) is 0. The Balaban J connectivity index is 2.05. The van der Waals surface area contributed by atoms with Crippen LogP contribution < -0.4 is 10.6 Å². The smallest absolute Gasteiger partial charge is 0.0393 e. The summed E-state index contributed by atoms with van der Waals surface area (Å²) in [5.74, 6) is 1.49. The molecule has 1 aliphatic carbocycles. The van der Waals surface area contributed by atoms with E-state index in [9.17, 15) is 0 Å². The number of rotatable bonds is 4. The Bertz CT molecular complexity index is 414. The Morgan fingerprint density at radius 1 is 1.16 bits per heavy atom. The average Bonchev–Trinajstić information content (AvgIpc) is 2.39. The van der Waals surface area contributed by atoms with Gasteiger partial charge in [-0.15, -0.1) is 0 Å². The molecule has 2 unspecified atom stereocenters. The lowest BCUT2D eigenvalue weighted by Crippen LogP contribution is -2.35. The van der Waals surface area contributed by atoms with Gasteiger partial charge in [0.1, 0.15) is 0 Å². The second-order valence-corrected chi connectivity index (χ2v) is 6.21. The Morgan fingerprint density at radius 3 is 2.47 bits per heavy atom. The number of aryl methyl sites for hydroxylation is 2. The number of nitrogens with two attached hydrogens (primary N) is 1. The van der Waals surface area contributed by atoms with Crippen molar-refractivity contribution >= 4 is 5.69 Å². The van der Waals surface area contributed by atoms with Crippen molar-refractivity contribution in [3.63, 3.8) is 0 Å². The van der Waals surface area contributed by atoms with Crippen LogP contribution in [0.25, 0.3) is 0 Å². The molecule has 1 aliphatic rings. The van der Waals surface area contributed by atoms with Gasteiger partial charge in [0, 0.05) is 19.3 Å². The van der Waals surface area contributed by atoms with E-state index < -0.39 is 0 Å². The van der Waals surface area contributed by atoms with Crippen molar-refractivity contribution in [1.82, 2.24) is 0 Å². The van der Waals surface area contributed by atoms with Crippen molar-refractivity contribution in [3.05, 3.63) is 29.3 Å². The van der Waals surface area contributed by atoms with Crippen LogP contribution in [0.4, 0.5) is 5.69 Å². The summed E-state index contributed by atoms with van der Waals surface area (Å²) in [4.78, 5) is 2.42. The molecule has 1 aromatic rings. The normalized spacial score (nSPS) is 23.4. The molecule has 0 aliphatic heterocycles. The minimum absolute atomic E-state index is 0.724. The first-order valence-corrected chi connectivity index (χ1v) is 7.60. The molecule has 0 aromatic heterocycles. The summed E-state index contributed by atoms with van der Waals surface area (Å²) in [6.07, 6.45) is 5.41. The van der Waals surface area contributed by atoms with Gasteiger partial charge in [0.15, 0.2) is 0 Å². The fraction of sp³-hybridized carbons (Fsp3) is 0.647. The molecule has 1 aromatic carbocycles. The molecule has 1 saturated carbocycles. The SMILES string of the molecule is Cc1ccc(N(C)CC2CCCCC2CN)c(C)c1. The van der Waals surface area contributed by atoms with Crippen LogP contribution in [0.3, 0.4) is 0 Å². The third-order valence-corrected chi connectivity index (χ3v) is 4.64. The number of hydrogen-bond acceptors (Lipinski definition) is 2. The van der Waals surface area contributed by atoms with Crippen molar-refractivity contribution in [1.29, 1.82) is 0 Å². The fourth-order valence-corrected chi connectivity index (χ4v) is 3.52. The highest BCUT2D eigenvalue weighted by Crippen LogP contribution is 2.31. The highest BCUT2D eigenvalue weighted by atomic mass is 15.1. The van der Waals surface area contributed by atoms with Crippen molar-refractivity contribution in [2.24, 2.45) is 17.6 Å². The zero-order chi connectivity index (χ0) is 13.8. The Kier molecular flexibility index (Phi) is 4.87. The zero-order valence-electron chi connectivity index (χ0n) is 12.7. The van der Waals surface area contributed by atoms with Gasteiger partial charge in [-0.3, -0.25) is 0 Å². The van der Waals surface area contributed by atoms with Crippen LogP contribution in [0, 0.1) is 25.7 Å². The maximum atomic E-state index is 5.94. The minimum atomic E-state index is 0.724. The fourth-order valence-electron chi connectivity index (χ4n) is 3.52. The van der Waals surface area contributed by atoms with Crippen LogP contribution in [-0.2, 0) is 0 Å². The molecule has 0 amide bonds. The molecular weight excluding hydrogens is 232 g/mol. The van der Waals surface area contributed by atoms with Gasteiger partial charge in [-0.25, -0.2) is 0 Å². The van der Waals surface area contributed by atoms with E-state index in [1.54, 1.807) is 0 Å². The third kappa shape index (κ3) is 3.50. The second kappa shape index (κ2) is 6.42. The summed E-state index contributed by atoms with van der Waals surface area (Å²) in [7, 11) is 2.22. The van der Waals surface area contributed by atoms with Crippen molar-refractivity contribution in [2.75, 3.05) is 25.0 Å².